The van der Waals surface area contributed by atoms with Crippen LogP contribution in [0.4, 0.5) is 0 Å². The van der Waals surface area contributed by atoms with Crippen molar-refractivity contribution in [3.63, 3.8) is 0 Å². The molecule has 0 amide bonds. The molecule has 1 unspecified atom stereocenters. The fraction of sp³-hybridized carbons (Fsp3) is 0.600. The van der Waals surface area contributed by atoms with Crippen molar-refractivity contribution in [2.24, 2.45) is 5.92 Å². The molecule has 1 aliphatic heterocycles. The van der Waals surface area contributed by atoms with E-state index in [0.717, 1.165) is 31.7 Å². The van der Waals surface area contributed by atoms with E-state index in [0.29, 0.717) is 22.5 Å². The smallest absolute Gasteiger partial charge is 0.138 e. The van der Waals surface area contributed by atoms with Gasteiger partial charge in [0.15, 0.2) is 0 Å². The predicted octanol–water partition coefficient (Wildman–Crippen LogP) is 3.52. The van der Waals surface area contributed by atoms with Gasteiger partial charge in [-0.2, -0.15) is 0 Å². The lowest BCUT2D eigenvalue weighted by atomic mass is 9.99. The van der Waals surface area contributed by atoms with Gasteiger partial charge in [-0.1, -0.05) is 30.1 Å². The van der Waals surface area contributed by atoms with Crippen LogP contribution in [-0.4, -0.2) is 36.2 Å². The van der Waals surface area contributed by atoms with Crippen LogP contribution < -0.4 is 5.32 Å². The minimum absolute atomic E-state index is 0.149. The maximum atomic E-state index is 10.0. The molecule has 1 fully saturated rings. The van der Waals surface area contributed by atoms with E-state index in [1.165, 1.54) is 12.8 Å². The average molecular weight is 317 g/mol. The van der Waals surface area contributed by atoms with Crippen molar-refractivity contribution in [2.75, 3.05) is 26.2 Å². The normalized spacial score (nSPS) is 19.5. The van der Waals surface area contributed by atoms with Crippen LogP contribution in [0.25, 0.3) is 0 Å². The molecule has 0 aromatic heterocycles. The highest BCUT2D eigenvalue weighted by Crippen LogP contribution is 2.32. The molecule has 0 bridgehead atoms. The lowest BCUT2D eigenvalue weighted by Gasteiger charge is -2.29. The van der Waals surface area contributed by atoms with Gasteiger partial charge >= 0.3 is 0 Å². The van der Waals surface area contributed by atoms with E-state index < -0.39 is 0 Å². The van der Waals surface area contributed by atoms with Gasteiger partial charge in [0.05, 0.1) is 5.02 Å². The van der Waals surface area contributed by atoms with Gasteiger partial charge in [0, 0.05) is 23.7 Å². The van der Waals surface area contributed by atoms with Crippen LogP contribution in [0.5, 0.6) is 5.75 Å². The number of benzene rings is 1. The molecule has 2 rings (SSSR count). The highest BCUT2D eigenvalue weighted by Gasteiger charge is 2.18. The van der Waals surface area contributed by atoms with E-state index in [2.05, 4.69) is 17.1 Å². The molecule has 0 radical (unpaired) electrons. The molecule has 0 spiro atoms. The molecule has 1 heterocycles. The fourth-order valence-corrected chi connectivity index (χ4v) is 3.27. The first-order valence-corrected chi connectivity index (χ1v) is 7.95. The van der Waals surface area contributed by atoms with Crippen LogP contribution in [0.2, 0.25) is 10.0 Å². The third-order valence-electron chi connectivity index (χ3n) is 3.86. The Labute approximate surface area is 130 Å². The number of rotatable bonds is 5. The molecule has 112 valence electrons. The number of nitrogens with zero attached hydrogens (tertiary/aromatic N) is 1. The van der Waals surface area contributed by atoms with E-state index in [1.54, 1.807) is 12.1 Å². The Morgan fingerprint density at radius 2 is 2.20 bits per heavy atom. The summed E-state index contributed by atoms with van der Waals surface area (Å²) >= 11 is 12.0. The molecule has 1 atom stereocenters. The van der Waals surface area contributed by atoms with Crippen molar-refractivity contribution < 1.29 is 5.11 Å². The monoisotopic (exact) mass is 316 g/mol. The highest BCUT2D eigenvalue weighted by molar-refractivity contribution is 6.35. The highest BCUT2D eigenvalue weighted by atomic mass is 35.5. The number of hydrogen-bond donors (Lipinski definition) is 2. The van der Waals surface area contributed by atoms with Gasteiger partial charge in [0.25, 0.3) is 0 Å². The molecular formula is C15H22Cl2N2O. The van der Waals surface area contributed by atoms with Gasteiger partial charge < -0.3 is 10.4 Å². The zero-order valence-corrected chi connectivity index (χ0v) is 13.3. The Morgan fingerprint density at radius 1 is 1.40 bits per heavy atom. The third kappa shape index (κ3) is 4.26. The minimum Gasteiger partial charge on any atom is -0.506 e. The molecule has 3 nitrogen and oxygen atoms in total. The largest absolute Gasteiger partial charge is 0.506 e. The Balaban J connectivity index is 2.02. The van der Waals surface area contributed by atoms with Crippen LogP contribution in [0, 0.1) is 5.92 Å². The van der Waals surface area contributed by atoms with E-state index in [9.17, 15) is 5.11 Å². The molecule has 5 heteroatoms. The van der Waals surface area contributed by atoms with Crippen LogP contribution in [0.1, 0.15) is 25.3 Å². The Bertz CT molecular complexity index is 448. The molecule has 0 aliphatic carbocycles. The molecular weight excluding hydrogens is 295 g/mol. The lowest BCUT2D eigenvalue weighted by Crippen LogP contribution is -2.38. The van der Waals surface area contributed by atoms with E-state index >= 15 is 0 Å². The molecule has 20 heavy (non-hydrogen) atoms. The van der Waals surface area contributed by atoms with Gasteiger partial charge in [-0.15, -0.1) is 0 Å². The van der Waals surface area contributed by atoms with E-state index in [4.69, 9.17) is 23.2 Å². The van der Waals surface area contributed by atoms with Crippen LogP contribution >= 0.6 is 23.2 Å². The van der Waals surface area contributed by atoms with Crippen molar-refractivity contribution in [2.45, 2.75) is 26.3 Å². The van der Waals surface area contributed by atoms with E-state index in [-0.39, 0.29) is 5.75 Å². The quantitative estimate of drug-likeness (QED) is 0.872. The Morgan fingerprint density at radius 3 is 2.85 bits per heavy atom. The minimum atomic E-state index is 0.149. The molecule has 1 aromatic carbocycles. The SMILES string of the molecule is CCN(Cc1cc(Cl)cc(Cl)c1O)CC1CCCNC1. The standard InChI is InChI=1S/C15H22Cl2N2O/c1-2-19(9-11-4-3-5-18-8-11)10-12-6-13(16)7-14(17)15(12)20/h6-7,11,18,20H,2-5,8-10H2,1H3. The summed E-state index contributed by atoms with van der Waals surface area (Å²) in [7, 11) is 0. The second-order valence-electron chi connectivity index (χ2n) is 5.44. The van der Waals surface area contributed by atoms with Gasteiger partial charge in [-0.05, 0) is 50.5 Å². The number of aromatic hydroxyl groups is 1. The van der Waals surface area contributed by atoms with Crippen molar-refractivity contribution in [3.8, 4) is 5.75 Å². The second-order valence-corrected chi connectivity index (χ2v) is 6.28. The summed E-state index contributed by atoms with van der Waals surface area (Å²) in [6.07, 6.45) is 2.52. The first-order chi connectivity index (χ1) is 9.60. The number of piperidine rings is 1. The average Bonchev–Trinajstić information content (AvgIpc) is 2.44. The van der Waals surface area contributed by atoms with Crippen LogP contribution in [0.15, 0.2) is 12.1 Å². The Hall–Kier alpha value is -0.480. The number of phenolic OH excluding ortho intramolecular Hbond substituents is 1. The Kier molecular flexibility index (Phi) is 5.97. The molecule has 1 aromatic rings. The number of phenols is 1. The van der Waals surface area contributed by atoms with E-state index in [1.807, 2.05) is 0 Å². The van der Waals surface area contributed by atoms with Gasteiger partial charge in [0.2, 0.25) is 0 Å². The van der Waals surface area contributed by atoms with Gasteiger partial charge in [-0.25, -0.2) is 0 Å². The maximum Gasteiger partial charge on any atom is 0.138 e. The first-order valence-electron chi connectivity index (χ1n) is 7.20. The molecule has 2 N–H and O–H groups in total. The fourth-order valence-electron chi connectivity index (χ4n) is 2.73. The summed E-state index contributed by atoms with van der Waals surface area (Å²) in [6, 6.07) is 3.37. The van der Waals surface area contributed by atoms with Crippen molar-refractivity contribution in [1.29, 1.82) is 0 Å². The summed E-state index contributed by atoms with van der Waals surface area (Å²) in [5.74, 6) is 0.830. The summed E-state index contributed by atoms with van der Waals surface area (Å²) in [5, 5.41) is 14.4. The lowest BCUT2D eigenvalue weighted by molar-refractivity contribution is 0.208. The van der Waals surface area contributed by atoms with Crippen molar-refractivity contribution in [3.05, 3.63) is 27.7 Å². The second kappa shape index (κ2) is 7.51. The molecule has 0 saturated carbocycles. The van der Waals surface area contributed by atoms with Crippen LogP contribution in [-0.2, 0) is 6.54 Å². The summed E-state index contributed by atoms with van der Waals surface area (Å²) in [6.45, 7) is 7.01. The number of halogens is 2. The summed E-state index contributed by atoms with van der Waals surface area (Å²) < 4.78 is 0. The topological polar surface area (TPSA) is 35.5 Å². The van der Waals surface area contributed by atoms with Gasteiger partial charge in [-0.3, -0.25) is 4.90 Å². The zero-order valence-electron chi connectivity index (χ0n) is 11.8. The van der Waals surface area contributed by atoms with Gasteiger partial charge in [0.1, 0.15) is 5.75 Å². The first kappa shape index (κ1) is 15.9. The summed E-state index contributed by atoms with van der Waals surface area (Å²) in [5.41, 5.74) is 0.799. The maximum absolute atomic E-state index is 10.0. The van der Waals surface area contributed by atoms with Crippen molar-refractivity contribution in [1.82, 2.24) is 10.2 Å². The molecule has 1 aliphatic rings. The van der Waals surface area contributed by atoms with Crippen molar-refractivity contribution >= 4 is 23.2 Å². The predicted molar refractivity (Wildman–Crippen MR) is 84.7 cm³/mol. The number of hydrogen-bond acceptors (Lipinski definition) is 3. The zero-order chi connectivity index (χ0) is 14.5. The van der Waals surface area contributed by atoms with Crippen LogP contribution in [0.3, 0.4) is 0 Å². The number of nitrogens with one attached hydrogen (secondary N) is 1. The molecule has 1 saturated heterocycles. The third-order valence-corrected chi connectivity index (χ3v) is 4.37. The summed E-state index contributed by atoms with van der Waals surface area (Å²) in [4.78, 5) is 2.33.